The summed E-state index contributed by atoms with van der Waals surface area (Å²) in [6, 6.07) is 9.08. The predicted molar refractivity (Wildman–Crippen MR) is 244 cm³/mol. The summed E-state index contributed by atoms with van der Waals surface area (Å²) in [6.07, 6.45) is 10.7. The highest BCUT2D eigenvalue weighted by Gasteiger charge is 2.62. The van der Waals surface area contributed by atoms with E-state index in [1.54, 1.807) is 12.3 Å². The third-order valence-corrected chi connectivity index (χ3v) is 16.6. The Morgan fingerprint density at radius 2 is 1.74 bits per heavy atom. The Kier molecular flexibility index (Phi) is 12.7. The number of alkyl carbamates (subject to hydrolysis) is 1. The van der Waals surface area contributed by atoms with Gasteiger partial charge in [0.1, 0.15) is 52.0 Å². The van der Waals surface area contributed by atoms with E-state index in [2.05, 4.69) is 27.3 Å². The first kappa shape index (κ1) is 45.1. The van der Waals surface area contributed by atoms with Gasteiger partial charge in [-0.05, 0) is 120 Å². The van der Waals surface area contributed by atoms with E-state index >= 15 is 4.79 Å². The first-order valence-corrected chi connectivity index (χ1v) is 25.8. The molecular weight excluding hydrogens is 869 g/mol. The van der Waals surface area contributed by atoms with E-state index < -0.39 is 68.7 Å². The van der Waals surface area contributed by atoms with Gasteiger partial charge in [0.05, 0.1) is 23.6 Å². The summed E-state index contributed by atoms with van der Waals surface area (Å²) in [7, 11) is -3.92. The number of carbonyl (C=O) groups is 4. The Morgan fingerprint density at radius 3 is 2.43 bits per heavy atom. The monoisotopic (exact) mass is 928 g/mol. The maximum atomic E-state index is 15.3. The third kappa shape index (κ3) is 10.2. The number of allylic oxidation sites excluding steroid dienone is 1. The minimum Gasteiger partial charge on any atom is -0.491 e. The number of nitrogens with one attached hydrogen (secondary N) is 3. The van der Waals surface area contributed by atoms with Crippen molar-refractivity contribution in [3.05, 3.63) is 60.1 Å². The molecule has 4 aliphatic carbocycles. The van der Waals surface area contributed by atoms with Crippen LogP contribution in [0.25, 0.3) is 22.0 Å². The minimum atomic E-state index is -3.92. The van der Waals surface area contributed by atoms with Gasteiger partial charge >= 0.3 is 6.09 Å². The van der Waals surface area contributed by atoms with Gasteiger partial charge in [0, 0.05) is 41.6 Å². The molecule has 9 rings (SSSR count). The van der Waals surface area contributed by atoms with Crippen molar-refractivity contribution < 1.29 is 41.8 Å². The van der Waals surface area contributed by atoms with E-state index in [0.717, 1.165) is 30.6 Å². The van der Waals surface area contributed by atoms with Gasteiger partial charge in [-0.1, -0.05) is 32.4 Å². The zero-order valence-electron chi connectivity index (χ0n) is 37.4. The van der Waals surface area contributed by atoms with Gasteiger partial charge in [-0.3, -0.25) is 19.1 Å². The average molecular weight is 929 g/mol. The lowest BCUT2D eigenvalue weighted by Crippen LogP contribution is -2.59. The molecule has 1 saturated heterocycles. The van der Waals surface area contributed by atoms with Crippen molar-refractivity contribution in [2.75, 3.05) is 6.54 Å². The number of carbonyl (C=O) groups excluding carboxylic acids is 4. The van der Waals surface area contributed by atoms with Gasteiger partial charge in [-0.2, -0.15) is 0 Å². The third-order valence-electron chi connectivity index (χ3n) is 14.0. The van der Waals surface area contributed by atoms with Crippen LogP contribution in [0.4, 0.5) is 4.79 Å². The van der Waals surface area contributed by atoms with Gasteiger partial charge < -0.3 is 29.7 Å². The first-order chi connectivity index (χ1) is 31.2. The van der Waals surface area contributed by atoms with Crippen LogP contribution in [0.5, 0.6) is 11.5 Å². The fraction of sp³-hybridized carbons (Fsp3) is 0.583. The van der Waals surface area contributed by atoms with Gasteiger partial charge in [0.25, 0.3) is 5.91 Å². The highest BCUT2D eigenvalue weighted by atomic mass is 32.2. The fourth-order valence-corrected chi connectivity index (χ4v) is 12.1. The van der Waals surface area contributed by atoms with E-state index in [0.29, 0.717) is 66.1 Å². The Hall–Kier alpha value is -5.03. The van der Waals surface area contributed by atoms with E-state index in [1.807, 2.05) is 68.6 Å². The molecule has 6 aliphatic rings. The number of ether oxygens (including phenoxy) is 3. The van der Waals surface area contributed by atoms with Crippen molar-refractivity contribution in [3.63, 3.8) is 0 Å². The van der Waals surface area contributed by atoms with E-state index in [9.17, 15) is 22.8 Å². The summed E-state index contributed by atoms with van der Waals surface area (Å²) < 4.78 is 46.9. The molecule has 1 unspecified atom stereocenters. The van der Waals surface area contributed by atoms with Crippen molar-refractivity contribution in [3.8, 4) is 33.5 Å². The largest absolute Gasteiger partial charge is 0.491 e. The molecule has 4 heterocycles. The number of rotatable bonds is 12. The number of amides is 4. The Bertz CT molecular complexity index is 2400. The molecule has 348 valence electrons. The number of aromatic nitrogens is 2. The molecule has 2 aromatic heterocycles. The molecule has 0 bridgehead atoms. The van der Waals surface area contributed by atoms with Crippen LogP contribution in [0.2, 0.25) is 0 Å². The van der Waals surface area contributed by atoms with E-state index in [1.165, 1.54) is 22.7 Å². The molecule has 2 aliphatic heterocycles. The normalized spacial score (nSPS) is 31.6. The summed E-state index contributed by atoms with van der Waals surface area (Å²) in [5.41, 5.74) is 0.493. The number of benzene rings is 1. The van der Waals surface area contributed by atoms with Gasteiger partial charge in [0.15, 0.2) is 0 Å². The summed E-state index contributed by atoms with van der Waals surface area (Å²) in [5.74, 6) is -0.0344. The van der Waals surface area contributed by atoms with Crippen molar-refractivity contribution >= 4 is 45.2 Å². The smallest absolute Gasteiger partial charge is 0.408 e. The molecule has 17 heteroatoms. The minimum absolute atomic E-state index is 0.00775. The highest BCUT2D eigenvalue weighted by molar-refractivity contribution is 7.91. The van der Waals surface area contributed by atoms with Crippen molar-refractivity contribution in [2.24, 2.45) is 29.6 Å². The lowest BCUT2D eigenvalue weighted by atomic mass is 9.85. The SMILES string of the molecule is CC[C@@H]1C[C@H](C)CC/C=C\C2C[C@@]2(C(=O)NS(=O)(=O)C2CC2)NC(=O)[C@@H]2C[C@@H](Oc3cc(-c4ccc(OC(C)C)cc4)nc(-c4nccs4)c3)CN2C(=O)[C@H]1NC(=O)O[C@@H]1C[C@@H]2C[C@@H]2C1. The van der Waals surface area contributed by atoms with Crippen LogP contribution in [0.15, 0.2) is 60.1 Å². The second-order valence-corrected chi connectivity index (χ2v) is 22.3. The predicted octanol–water partition coefficient (Wildman–Crippen LogP) is 6.79. The van der Waals surface area contributed by atoms with Gasteiger partial charge in [-0.15, -0.1) is 11.3 Å². The molecule has 5 fully saturated rings. The second-order valence-electron chi connectivity index (χ2n) is 19.4. The van der Waals surface area contributed by atoms with Gasteiger partial charge in [-0.25, -0.2) is 23.2 Å². The van der Waals surface area contributed by atoms with Crippen LogP contribution in [-0.4, -0.2) is 94.8 Å². The number of hydrogen-bond acceptors (Lipinski definition) is 12. The van der Waals surface area contributed by atoms with Crippen LogP contribution >= 0.6 is 11.3 Å². The molecule has 15 nitrogen and oxygen atoms in total. The number of fused-ring (bicyclic) bond motifs is 3. The van der Waals surface area contributed by atoms with Crippen LogP contribution in [-0.2, 0) is 29.1 Å². The molecule has 65 heavy (non-hydrogen) atoms. The molecule has 10 atom stereocenters. The lowest BCUT2D eigenvalue weighted by Gasteiger charge is -2.34. The van der Waals surface area contributed by atoms with Gasteiger partial charge in [0.2, 0.25) is 21.8 Å². The number of nitrogens with zero attached hydrogens (tertiary/aromatic N) is 3. The summed E-state index contributed by atoms with van der Waals surface area (Å²) in [6.45, 7) is 8.05. The second kappa shape index (κ2) is 18.3. The van der Waals surface area contributed by atoms with Crippen LogP contribution in [0.3, 0.4) is 0 Å². The maximum absolute atomic E-state index is 15.3. The molecule has 1 aromatic carbocycles. The van der Waals surface area contributed by atoms with E-state index in [4.69, 9.17) is 19.2 Å². The molecule has 0 radical (unpaired) electrons. The first-order valence-electron chi connectivity index (χ1n) is 23.4. The summed E-state index contributed by atoms with van der Waals surface area (Å²) in [4.78, 5) is 68.7. The number of sulfonamides is 1. The fourth-order valence-electron chi connectivity index (χ4n) is 10.1. The average Bonchev–Trinajstić information content (AvgIpc) is 4.22. The molecule has 3 aromatic rings. The topological polar surface area (TPSA) is 195 Å². The summed E-state index contributed by atoms with van der Waals surface area (Å²) >= 11 is 1.43. The van der Waals surface area contributed by atoms with Crippen molar-refractivity contribution in [1.82, 2.24) is 30.2 Å². The molecule has 4 amide bonds. The quantitative estimate of drug-likeness (QED) is 0.162. The summed E-state index contributed by atoms with van der Waals surface area (Å²) in [5, 5.41) is 7.85. The maximum Gasteiger partial charge on any atom is 0.408 e. The number of thiazole rings is 1. The standard InChI is InChI=1S/C48H60N6O9S2/c1-5-29-18-28(4)8-6-7-9-33-25-48(33,46(57)53-65(59,60)38-14-15-38)52-43(55)41-24-37(26-54(41)45(56)42(29)51-47(58)63-35-20-31-19-32(31)21-35)62-36-22-39(50-40(23-36)44-49-16-17-64-44)30-10-12-34(13-11-30)61-27(2)3/h7,9-13,16-17,22-23,27-29,31-33,35,37-38,41-42H,5-6,8,14-15,18-21,24-26H2,1-4H3,(H,51,58)(H,52,55)(H,53,57)/b9-7-/t28-,29-,31-,32+,33?,35+,37-,41+,42+,48-/m1/s1. The zero-order valence-corrected chi connectivity index (χ0v) is 39.1. The Labute approximate surface area is 384 Å². The van der Waals surface area contributed by atoms with Crippen molar-refractivity contribution in [2.45, 2.75) is 140 Å². The van der Waals surface area contributed by atoms with Crippen molar-refractivity contribution in [1.29, 1.82) is 0 Å². The number of hydrogen-bond donors (Lipinski definition) is 3. The van der Waals surface area contributed by atoms with Crippen LogP contribution < -0.4 is 24.8 Å². The lowest BCUT2D eigenvalue weighted by molar-refractivity contribution is -0.142. The Morgan fingerprint density at radius 1 is 0.985 bits per heavy atom. The molecule has 0 spiro atoms. The van der Waals surface area contributed by atoms with Crippen LogP contribution in [0.1, 0.15) is 98.3 Å². The van der Waals surface area contributed by atoms with Crippen LogP contribution in [0, 0.1) is 29.6 Å². The molecule has 4 saturated carbocycles. The molecule has 3 N–H and O–H groups in total. The number of pyridine rings is 1. The zero-order chi connectivity index (χ0) is 45.6. The molecular formula is C48H60N6O9S2. The van der Waals surface area contributed by atoms with E-state index in [-0.39, 0.29) is 43.4 Å². The highest BCUT2D eigenvalue weighted by Crippen LogP contribution is 2.52. The Balaban J connectivity index is 1.04.